The lowest BCUT2D eigenvalue weighted by Gasteiger charge is -2.28. The molecule has 4 rings (SSSR count). The Balaban J connectivity index is 1.25. The van der Waals surface area contributed by atoms with Crippen LogP contribution in [0.25, 0.3) is 0 Å². The van der Waals surface area contributed by atoms with Gasteiger partial charge in [0.1, 0.15) is 17.7 Å². The van der Waals surface area contributed by atoms with E-state index in [9.17, 15) is 20.1 Å². The number of aromatic hydroxyl groups is 1. The van der Waals surface area contributed by atoms with Crippen LogP contribution < -0.4 is 5.32 Å². The summed E-state index contributed by atoms with van der Waals surface area (Å²) in [6, 6.07) is 6.79. The molecule has 0 aliphatic carbocycles. The third kappa shape index (κ3) is 4.87. The molecule has 1 unspecified atom stereocenters. The number of fused-ring (bicyclic) bond motifs is 1. The van der Waals surface area contributed by atoms with E-state index in [0.717, 1.165) is 18.4 Å². The smallest absolute Gasteiger partial charge is 0.220 e. The molecule has 0 saturated carbocycles. The zero-order valence-corrected chi connectivity index (χ0v) is 17.1. The Labute approximate surface area is 179 Å². The molecule has 4 N–H and O–H groups in total. The summed E-state index contributed by atoms with van der Waals surface area (Å²) >= 11 is 0. The third-order valence-corrected chi connectivity index (χ3v) is 5.55. The maximum absolute atomic E-state index is 12.1. The van der Waals surface area contributed by atoms with E-state index in [2.05, 4.69) is 15.3 Å². The maximum Gasteiger partial charge on any atom is 0.220 e. The number of carbonyl (C=O) groups excluding carboxylic acids is 1. The normalized spacial score (nSPS) is 22.5. The number of aryl methyl sites for hydroxylation is 1. The second-order valence-electron chi connectivity index (χ2n) is 7.71. The van der Waals surface area contributed by atoms with Gasteiger partial charge in [-0.1, -0.05) is 12.1 Å². The number of aliphatic imine (C=N–C) groups is 1. The van der Waals surface area contributed by atoms with Crippen LogP contribution in [0.5, 0.6) is 5.75 Å². The van der Waals surface area contributed by atoms with E-state index in [1.807, 2.05) is 0 Å². The molecule has 2 aromatic rings. The van der Waals surface area contributed by atoms with Gasteiger partial charge < -0.3 is 30.3 Å². The Morgan fingerprint density at radius 2 is 2.06 bits per heavy atom. The van der Waals surface area contributed by atoms with Crippen LogP contribution in [0.4, 0.5) is 5.82 Å². The van der Waals surface area contributed by atoms with Crippen molar-refractivity contribution in [2.45, 2.75) is 44.2 Å². The standard InChI is InChI=1S/C21H27N5O5/c27-11-16-6-8-18(31-16)26-13-23-19-20(26)24-12-25(21(19)30)10-9-22-17(29)7-3-14-1-4-15(28)5-2-14/h1-2,4-5,12-13,16,18,21,27-28,30H,3,6-11H2,(H,22,29)/t16-,18+,21?/m0/s1. The largest absolute Gasteiger partial charge is 0.508 e. The molecule has 0 spiro atoms. The van der Waals surface area contributed by atoms with Crippen molar-refractivity contribution in [2.24, 2.45) is 4.99 Å². The molecule has 2 aliphatic rings. The fourth-order valence-corrected chi connectivity index (χ4v) is 3.78. The number of hydrogen-bond donors (Lipinski definition) is 4. The molecule has 2 aliphatic heterocycles. The summed E-state index contributed by atoms with van der Waals surface area (Å²) in [6.07, 6.45) is 4.19. The average Bonchev–Trinajstić information content (AvgIpc) is 3.42. The van der Waals surface area contributed by atoms with E-state index in [1.165, 1.54) is 0 Å². The van der Waals surface area contributed by atoms with Crippen LogP contribution in [0.15, 0.2) is 35.6 Å². The van der Waals surface area contributed by atoms with Crippen molar-refractivity contribution in [3.05, 3.63) is 41.9 Å². The predicted octanol–water partition coefficient (Wildman–Crippen LogP) is 0.974. The van der Waals surface area contributed by atoms with E-state index in [0.29, 0.717) is 37.4 Å². The number of phenols is 1. The fraction of sp³-hybridized carbons (Fsp3) is 0.476. The Morgan fingerprint density at radius 3 is 2.81 bits per heavy atom. The van der Waals surface area contributed by atoms with Crippen LogP contribution in [0.1, 0.15) is 43.0 Å². The molecule has 3 atom stereocenters. The number of aliphatic hydroxyl groups excluding tert-OH is 2. The first-order valence-corrected chi connectivity index (χ1v) is 10.4. The van der Waals surface area contributed by atoms with Crippen molar-refractivity contribution >= 4 is 18.1 Å². The van der Waals surface area contributed by atoms with Crippen molar-refractivity contribution in [1.29, 1.82) is 0 Å². The van der Waals surface area contributed by atoms with Crippen LogP contribution in [-0.2, 0) is 16.0 Å². The number of benzene rings is 1. The molecule has 166 valence electrons. The monoisotopic (exact) mass is 429 g/mol. The lowest BCUT2D eigenvalue weighted by molar-refractivity contribution is -0.121. The van der Waals surface area contributed by atoms with Gasteiger partial charge >= 0.3 is 0 Å². The molecule has 1 aromatic carbocycles. The molecule has 1 saturated heterocycles. The first kappa shape index (κ1) is 21.3. The molecule has 0 radical (unpaired) electrons. The average molecular weight is 429 g/mol. The summed E-state index contributed by atoms with van der Waals surface area (Å²) in [4.78, 5) is 22.4. The van der Waals surface area contributed by atoms with Crippen LogP contribution in [-0.4, -0.2) is 67.8 Å². The fourth-order valence-electron chi connectivity index (χ4n) is 3.78. The number of rotatable bonds is 8. The topological polar surface area (TPSA) is 132 Å². The Morgan fingerprint density at radius 1 is 1.26 bits per heavy atom. The molecule has 0 bridgehead atoms. The minimum absolute atomic E-state index is 0.0201. The number of phenolic OH excluding ortho intramolecular Hbond substituents is 1. The summed E-state index contributed by atoms with van der Waals surface area (Å²) in [5, 5.41) is 32.1. The summed E-state index contributed by atoms with van der Waals surface area (Å²) in [5.74, 6) is 0.664. The SMILES string of the molecule is O=C(CCc1ccc(O)cc1)NCCN1C=Nc2c(ncn2[C@H]2CC[C@@H](CO)O2)C1O. The lowest BCUT2D eigenvalue weighted by atomic mass is 10.1. The third-order valence-electron chi connectivity index (χ3n) is 5.55. The van der Waals surface area contributed by atoms with E-state index < -0.39 is 6.23 Å². The molecular formula is C21H27N5O5. The summed E-state index contributed by atoms with van der Waals surface area (Å²) < 4.78 is 7.56. The molecule has 3 heterocycles. The summed E-state index contributed by atoms with van der Waals surface area (Å²) in [5.41, 5.74) is 1.42. The van der Waals surface area contributed by atoms with Crippen molar-refractivity contribution in [1.82, 2.24) is 19.8 Å². The van der Waals surface area contributed by atoms with Crippen LogP contribution in [0, 0.1) is 0 Å². The molecular weight excluding hydrogens is 402 g/mol. The highest BCUT2D eigenvalue weighted by atomic mass is 16.5. The minimum Gasteiger partial charge on any atom is -0.508 e. The van der Waals surface area contributed by atoms with Gasteiger partial charge in [0, 0.05) is 19.5 Å². The van der Waals surface area contributed by atoms with E-state index in [1.54, 1.807) is 46.4 Å². The van der Waals surface area contributed by atoms with Crippen molar-refractivity contribution in [3.63, 3.8) is 0 Å². The number of imidazole rings is 1. The number of ether oxygens (including phenoxy) is 1. The number of carbonyl (C=O) groups is 1. The molecule has 31 heavy (non-hydrogen) atoms. The van der Waals surface area contributed by atoms with Gasteiger partial charge in [0.25, 0.3) is 0 Å². The first-order valence-electron chi connectivity index (χ1n) is 10.4. The highest BCUT2D eigenvalue weighted by molar-refractivity contribution is 5.76. The number of nitrogens with zero attached hydrogens (tertiary/aromatic N) is 4. The molecule has 1 fully saturated rings. The van der Waals surface area contributed by atoms with Crippen molar-refractivity contribution < 1.29 is 24.9 Å². The Hall–Kier alpha value is -2.95. The van der Waals surface area contributed by atoms with Gasteiger partial charge in [-0.15, -0.1) is 0 Å². The van der Waals surface area contributed by atoms with Crippen LogP contribution >= 0.6 is 0 Å². The van der Waals surface area contributed by atoms with Crippen molar-refractivity contribution in [3.8, 4) is 5.75 Å². The zero-order valence-electron chi connectivity index (χ0n) is 17.1. The number of hydrogen-bond acceptors (Lipinski definition) is 8. The van der Waals surface area contributed by atoms with E-state index in [4.69, 9.17) is 4.74 Å². The lowest BCUT2D eigenvalue weighted by Crippen LogP contribution is -2.37. The highest BCUT2D eigenvalue weighted by Gasteiger charge is 2.32. The second kappa shape index (κ2) is 9.46. The molecule has 10 nitrogen and oxygen atoms in total. The van der Waals surface area contributed by atoms with Gasteiger partial charge in [0.2, 0.25) is 5.91 Å². The van der Waals surface area contributed by atoms with Gasteiger partial charge in [-0.2, -0.15) is 0 Å². The van der Waals surface area contributed by atoms with Crippen molar-refractivity contribution in [2.75, 3.05) is 19.7 Å². The maximum atomic E-state index is 12.1. The number of amides is 1. The molecule has 1 aromatic heterocycles. The summed E-state index contributed by atoms with van der Waals surface area (Å²) in [6.45, 7) is 0.722. The first-order chi connectivity index (χ1) is 15.0. The van der Waals surface area contributed by atoms with Gasteiger partial charge in [-0.3, -0.25) is 9.36 Å². The minimum atomic E-state index is -0.960. The van der Waals surface area contributed by atoms with Gasteiger partial charge in [0.15, 0.2) is 12.0 Å². The zero-order chi connectivity index (χ0) is 21.8. The molecule has 1 amide bonds. The van der Waals surface area contributed by atoms with E-state index in [-0.39, 0.29) is 30.6 Å². The number of aromatic nitrogens is 2. The van der Waals surface area contributed by atoms with Gasteiger partial charge in [0.05, 0.1) is 25.4 Å². The quantitative estimate of drug-likeness (QED) is 0.492. The Bertz CT molecular complexity index is 929. The van der Waals surface area contributed by atoms with Gasteiger partial charge in [-0.25, -0.2) is 9.98 Å². The Kier molecular flexibility index (Phi) is 6.50. The van der Waals surface area contributed by atoms with Crippen LogP contribution in [0.2, 0.25) is 0 Å². The van der Waals surface area contributed by atoms with E-state index >= 15 is 0 Å². The number of aliphatic hydroxyl groups is 2. The number of nitrogens with one attached hydrogen (secondary N) is 1. The molecule has 10 heteroatoms. The predicted molar refractivity (Wildman–Crippen MR) is 112 cm³/mol. The second-order valence-corrected chi connectivity index (χ2v) is 7.71. The van der Waals surface area contributed by atoms with Crippen LogP contribution in [0.3, 0.4) is 0 Å². The van der Waals surface area contributed by atoms with Gasteiger partial charge in [-0.05, 0) is 37.0 Å². The highest BCUT2D eigenvalue weighted by Crippen LogP contribution is 2.36. The summed E-state index contributed by atoms with van der Waals surface area (Å²) in [7, 11) is 0.